The van der Waals surface area contributed by atoms with Gasteiger partial charge >= 0.3 is 0 Å². The zero-order chi connectivity index (χ0) is 15.5. The van der Waals surface area contributed by atoms with Crippen molar-refractivity contribution in [3.63, 3.8) is 0 Å². The Bertz CT molecular complexity index is 502. The molecule has 0 radical (unpaired) electrons. The smallest absolute Gasteiger partial charge is 0.231 e. The lowest BCUT2D eigenvalue weighted by Gasteiger charge is -2.35. The monoisotopic (exact) mass is 288 g/mol. The van der Waals surface area contributed by atoms with Crippen molar-refractivity contribution >= 4 is 11.6 Å². The lowest BCUT2D eigenvalue weighted by atomic mass is 9.73. The van der Waals surface area contributed by atoms with Crippen molar-refractivity contribution in [1.29, 1.82) is 0 Å². The van der Waals surface area contributed by atoms with Gasteiger partial charge in [-0.1, -0.05) is 51.3 Å². The number of carbonyl (C=O) groups is 1. The van der Waals surface area contributed by atoms with Crippen molar-refractivity contribution in [2.24, 2.45) is 11.1 Å². The van der Waals surface area contributed by atoms with E-state index < -0.39 is 0 Å². The predicted octanol–water partition coefficient (Wildman–Crippen LogP) is 3.97. The molecular weight excluding hydrogens is 260 g/mol. The first-order valence-corrected chi connectivity index (χ1v) is 8.11. The largest absolute Gasteiger partial charge is 0.329 e. The van der Waals surface area contributed by atoms with Crippen LogP contribution in [0, 0.1) is 12.3 Å². The van der Waals surface area contributed by atoms with Gasteiger partial charge in [0.25, 0.3) is 0 Å². The Balaban J connectivity index is 2.27. The molecular formula is C18H28N2O. The third-order valence-electron chi connectivity index (χ3n) is 4.85. The summed E-state index contributed by atoms with van der Waals surface area (Å²) >= 11 is 0. The maximum atomic E-state index is 12.9. The molecule has 3 nitrogen and oxygen atoms in total. The second kappa shape index (κ2) is 6.61. The molecule has 0 aliphatic heterocycles. The van der Waals surface area contributed by atoms with E-state index in [0.29, 0.717) is 12.5 Å². The van der Waals surface area contributed by atoms with Crippen LogP contribution in [-0.2, 0) is 4.79 Å². The van der Waals surface area contributed by atoms with Crippen LogP contribution >= 0.6 is 0 Å². The van der Waals surface area contributed by atoms with Crippen LogP contribution in [0.5, 0.6) is 0 Å². The highest BCUT2D eigenvalue weighted by Gasteiger charge is 2.38. The lowest BCUT2D eigenvalue weighted by molar-refractivity contribution is -0.126. The van der Waals surface area contributed by atoms with Gasteiger partial charge in [0.1, 0.15) is 0 Å². The molecule has 116 valence electrons. The van der Waals surface area contributed by atoms with Crippen LogP contribution in [0.2, 0.25) is 0 Å². The third-order valence-corrected chi connectivity index (χ3v) is 4.85. The highest BCUT2D eigenvalue weighted by Crippen LogP contribution is 2.37. The Morgan fingerprint density at radius 1 is 1.29 bits per heavy atom. The van der Waals surface area contributed by atoms with Crippen molar-refractivity contribution < 1.29 is 4.79 Å². The quantitative estimate of drug-likeness (QED) is 0.881. The van der Waals surface area contributed by atoms with E-state index in [2.05, 4.69) is 44.3 Å². The summed E-state index contributed by atoms with van der Waals surface area (Å²) in [6.07, 6.45) is 5.26. The normalized spacial score (nSPS) is 17.8. The minimum Gasteiger partial charge on any atom is -0.329 e. The summed E-state index contributed by atoms with van der Waals surface area (Å²) in [4.78, 5) is 12.9. The van der Waals surface area contributed by atoms with Gasteiger partial charge in [0.2, 0.25) is 5.91 Å². The van der Waals surface area contributed by atoms with E-state index in [1.165, 1.54) is 12.0 Å². The zero-order valence-electron chi connectivity index (χ0n) is 13.5. The molecule has 1 amide bonds. The highest BCUT2D eigenvalue weighted by molar-refractivity contribution is 5.97. The van der Waals surface area contributed by atoms with Gasteiger partial charge in [-0.3, -0.25) is 4.79 Å². The number of aryl methyl sites for hydroxylation is 1. The van der Waals surface area contributed by atoms with Crippen LogP contribution in [0.4, 0.5) is 5.69 Å². The van der Waals surface area contributed by atoms with Crippen LogP contribution in [0.25, 0.3) is 0 Å². The molecule has 3 N–H and O–H groups in total. The van der Waals surface area contributed by atoms with Crippen LogP contribution in [0.3, 0.4) is 0 Å². The highest BCUT2D eigenvalue weighted by atomic mass is 16.2. The SMILES string of the molecule is Cc1cccc(C(C)C)c1NC(=O)C1(CN)CCCCC1. The number of nitrogens with two attached hydrogens (primary N) is 1. The van der Waals surface area contributed by atoms with E-state index in [-0.39, 0.29) is 11.3 Å². The number of nitrogens with one attached hydrogen (secondary N) is 1. The Morgan fingerprint density at radius 3 is 2.52 bits per heavy atom. The van der Waals surface area contributed by atoms with E-state index in [4.69, 9.17) is 5.73 Å². The molecule has 0 unspecified atom stereocenters. The lowest BCUT2D eigenvalue weighted by Crippen LogP contribution is -2.44. The Kier molecular flexibility index (Phi) is 5.04. The van der Waals surface area contributed by atoms with Gasteiger partial charge < -0.3 is 11.1 Å². The maximum Gasteiger partial charge on any atom is 0.231 e. The molecule has 0 bridgehead atoms. The van der Waals surface area contributed by atoms with Crippen LogP contribution < -0.4 is 11.1 Å². The average Bonchev–Trinajstić information content (AvgIpc) is 2.49. The first kappa shape index (κ1) is 16.0. The van der Waals surface area contributed by atoms with E-state index in [1.54, 1.807) is 0 Å². The Labute approximate surface area is 128 Å². The molecule has 3 heteroatoms. The molecule has 0 heterocycles. The Hall–Kier alpha value is -1.35. The summed E-state index contributed by atoms with van der Waals surface area (Å²) in [6, 6.07) is 6.21. The first-order chi connectivity index (χ1) is 10.00. The van der Waals surface area contributed by atoms with Gasteiger partial charge in [-0.25, -0.2) is 0 Å². The summed E-state index contributed by atoms with van der Waals surface area (Å²) in [5.74, 6) is 0.501. The fourth-order valence-electron chi connectivity index (χ4n) is 3.34. The molecule has 1 fully saturated rings. The van der Waals surface area contributed by atoms with Gasteiger partial charge in [0.05, 0.1) is 5.41 Å². The summed E-state index contributed by atoms with van der Waals surface area (Å²) in [7, 11) is 0. The number of para-hydroxylation sites is 1. The van der Waals surface area contributed by atoms with Gasteiger partial charge in [-0.2, -0.15) is 0 Å². The van der Waals surface area contributed by atoms with Gasteiger partial charge in [-0.05, 0) is 36.8 Å². The van der Waals surface area contributed by atoms with Crippen molar-refractivity contribution in [2.45, 2.75) is 58.8 Å². The molecule has 21 heavy (non-hydrogen) atoms. The number of hydrogen-bond acceptors (Lipinski definition) is 2. The summed E-state index contributed by atoms with van der Waals surface area (Å²) < 4.78 is 0. The summed E-state index contributed by atoms with van der Waals surface area (Å²) in [5, 5.41) is 3.20. The van der Waals surface area contributed by atoms with Crippen LogP contribution in [0.15, 0.2) is 18.2 Å². The van der Waals surface area contributed by atoms with Crippen molar-refractivity contribution in [3.05, 3.63) is 29.3 Å². The first-order valence-electron chi connectivity index (χ1n) is 8.11. The maximum absolute atomic E-state index is 12.9. The fourth-order valence-corrected chi connectivity index (χ4v) is 3.34. The molecule has 1 aliphatic rings. The van der Waals surface area contributed by atoms with Crippen molar-refractivity contribution in [1.82, 2.24) is 0 Å². The number of amides is 1. The predicted molar refractivity (Wildman–Crippen MR) is 88.5 cm³/mol. The molecule has 0 atom stereocenters. The molecule has 2 rings (SSSR count). The number of anilines is 1. The molecule has 0 saturated heterocycles. The zero-order valence-corrected chi connectivity index (χ0v) is 13.5. The molecule has 1 aliphatic carbocycles. The van der Waals surface area contributed by atoms with Gasteiger partial charge in [0.15, 0.2) is 0 Å². The van der Waals surface area contributed by atoms with Crippen molar-refractivity contribution in [2.75, 3.05) is 11.9 Å². The van der Waals surface area contributed by atoms with Crippen molar-refractivity contribution in [3.8, 4) is 0 Å². The Morgan fingerprint density at radius 2 is 1.95 bits per heavy atom. The van der Waals surface area contributed by atoms with Crippen LogP contribution in [0.1, 0.15) is 63.0 Å². The van der Waals surface area contributed by atoms with E-state index in [0.717, 1.165) is 36.9 Å². The average molecular weight is 288 g/mol. The van der Waals surface area contributed by atoms with E-state index in [1.807, 2.05) is 0 Å². The fraction of sp³-hybridized carbons (Fsp3) is 0.611. The second-order valence-electron chi connectivity index (χ2n) is 6.69. The van der Waals surface area contributed by atoms with Gasteiger partial charge in [-0.15, -0.1) is 0 Å². The number of benzene rings is 1. The second-order valence-corrected chi connectivity index (χ2v) is 6.69. The third kappa shape index (κ3) is 3.29. The summed E-state index contributed by atoms with van der Waals surface area (Å²) in [6.45, 7) is 6.81. The molecule has 1 aromatic rings. The van der Waals surface area contributed by atoms with Gasteiger partial charge in [0, 0.05) is 12.2 Å². The number of carbonyl (C=O) groups excluding carboxylic acids is 1. The minimum absolute atomic E-state index is 0.112. The molecule has 0 spiro atoms. The number of rotatable bonds is 4. The molecule has 1 aromatic carbocycles. The number of hydrogen-bond donors (Lipinski definition) is 2. The van der Waals surface area contributed by atoms with Crippen LogP contribution in [-0.4, -0.2) is 12.5 Å². The molecule has 0 aromatic heterocycles. The summed E-state index contributed by atoms with van der Waals surface area (Å²) in [5.41, 5.74) is 8.91. The molecule has 1 saturated carbocycles. The van der Waals surface area contributed by atoms with E-state index in [9.17, 15) is 4.79 Å². The standard InChI is InChI=1S/C18H28N2O/c1-13(2)15-9-7-8-14(3)16(15)20-17(21)18(12-19)10-5-4-6-11-18/h7-9,13H,4-6,10-12,19H2,1-3H3,(H,20,21). The topological polar surface area (TPSA) is 55.1 Å². The minimum atomic E-state index is -0.366. The van der Waals surface area contributed by atoms with E-state index >= 15 is 0 Å².